The van der Waals surface area contributed by atoms with Gasteiger partial charge in [0.1, 0.15) is 6.07 Å². The molecule has 2 aromatic rings. The number of rotatable bonds is 2. The Bertz CT molecular complexity index is 583. The highest BCUT2D eigenvalue weighted by Gasteiger charge is 2.12. The van der Waals surface area contributed by atoms with E-state index in [4.69, 9.17) is 5.26 Å². The first kappa shape index (κ1) is 12.0. The normalized spacial score (nSPS) is 9.94. The molecule has 0 aliphatic rings. The van der Waals surface area contributed by atoms with Crippen LogP contribution in [0.25, 0.3) is 0 Å². The van der Waals surface area contributed by atoms with Crippen molar-refractivity contribution < 1.29 is 4.39 Å². The van der Waals surface area contributed by atoms with E-state index in [-0.39, 0.29) is 10.0 Å². The van der Waals surface area contributed by atoms with Gasteiger partial charge in [0, 0.05) is 12.4 Å². The molecule has 3 nitrogen and oxygen atoms in total. The number of hydrogen-bond donors (Lipinski definition) is 0. The van der Waals surface area contributed by atoms with Crippen LogP contribution in [0, 0.1) is 17.1 Å². The largest absolute Gasteiger partial charge is 0.231 e. The van der Waals surface area contributed by atoms with Gasteiger partial charge < -0.3 is 0 Å². The second-order valence-corrected chi connectivity index (χ2v) is 4.79. The van der Waals surface area contributed by atoms with E-state index in [9.17, 15) is 4.39 Å². The van der Waals surface area contributed by atoms with Gasteiger partial charge in [-0.3, -0.25) is 0 Å². The minimum atomic E-state index is -0.471. The highest BCUT2D eigenvalue weighted by molar-refractivity contribution is 9.10. The molecule has 0 unspecified atom stereocenters. The molecule has 0 fully saturated rings. The van der Waals surface area contributed by atoms with Crippen molar-refractivity contribution in [3.8, 4) is 6.07 Å². The van der Waals surface area contributed by atoms with Crippen LogP contribution in [0.15, 0.2) is 45.1 Å². The highest BCUT2D eigenvalue weighted by atomic mass is 79.9. The molecule has 0 atom stereocenters. The van der Waals surface area contributed by atoms with E-state index >= 15 is 0 Å². The smallest absolute Gasteiger partial charge is 0.192 e. The van der Waals surface area contributed by atoms with Crippen LogP contribution in [0.1, 0.15) is 5.56 Å². The highest BCUT2D eigenvalue weighted by Crippen LogP contribution is 2.32. The predicted molar refractivity (Wildman–Crippen MR) is 65.0 cm³/mol. The number of aromatic nitrogens is 2. The van der Waals surface area contributed by atoms with Gasteiger partial charge in [-0.05, 0) is 45.9 Å². The van der Waals surface area contributed by atoms with Crippen molar-refractivity contribution in [3.63, 3.8) is 0 Å². The lowest BCUT2D eigenvalue weighted by atomic mass is 10.2. The van der Waals surface area contributed by atoms with Crippen molar-refractivity contribution in [2.45, 2.75) is 10.1 Å². The Morgan fingerprint density at radius 3 is 2.65 bits per heavy atom. The van der Waals surface area contributed by atoms with Gasteiger partial charge in [-0.25, -0.2) is 14.4 Å². The van der Waals surface area contributed by atoms with Gasteiger partial charge in [-0.2, -0.15) is 5.26 Å². The van der Waals surface area contributed by atoms with Crippen LogP contribution >= 0.6 is 27.7 Å². The minimum Gasteiger partial charge on any atom is -0.231 e. The van der Waals surface area contributed by atoms with Crippen molar-refractivity contribution in [1.82, 2.24) is 9.97 Å². The third-order valence-electron chi connectivity index (χ3n) is 1.91. The fourth-order valence-electron chi connectivity index (χ4n) is 1.13. The fraction of sp³-hybridized carbons (Fsp3) is 0. The monoisotopic (exact) mass is 309 g/mol. The second-order valence-electron chi connectivity index (χ2n) is 2.98. The molecule has 0 spiro atoms. The average Bonchev–Trinajstić information content (AvgIpc) is 2.37. The summed E-state index contributed by atoms with van der Waals surface area (Å²) in [7, 11) is 0. The van der Waals surface area contributed by atoms with E-state index in [1.54, 1.807) is 30.6 Å². The molecule has 0 aliphatic carbocycles. The molecule has 0 aliphatic heterocycles. The maximum atomic E-state index is 13.9. The van der Waals surface area contributed by atoms with Crippen molar-refractivity contribution >= 4 is 27.7 Å². The predicted octanol–water partition coefficient (Wildman–Crippen LogP) is 3.40. The Morgan fingerprint density at radius 1 is 1.29 bits per heavy atom. The van der Waals surface area contributed by atoms with E-state index in [2.05, 4.69) is 25.9 Å². The summed E-state index contributed by atoms with van der Waals surface area (Å²) in [6.07, 6.45) is 3.18. The van der Waals surface area contributed by atoms with Crippen molar-refractivity contribution in [2.24, 2.45) is 0 Å². The van der Waals surface area contributed by atoms with Gasteiger partial charge >= 0.3 is 0 Å². The zero-order valence-corrected chi connectivity index (χ0v) is 10.8. The molecule has 0 radical (unpaired) electrons. The summed E-state index contributed by atoms with van der Waals surface area (Å²) in [5.74, 6) is -0.471. The van der Waals surface area contributed by atoms with Crippen LogP contribution < -0.4 is 0 Å². The third kappa shape index (κ3) is 2.62. The zero-order valence-electron chi connectivity index (χ0n) is 8.39. The maximum absolute atomic E-state index is 13.9. The molecule has 1 aromatic heterocycles. The third-order valence-corrected chi connectivity index (χ3v) is 3.61. The molecule has 84 valence electrons. The Labute approximate surface area is 110 Å². The van der Waals surface area contributed by atoms with Crippen molar-refractivity contribution in [3.05, 3.63) is 46.4 Å². The standard InChI is InChI=1S/C11H5BrFN3S/c12-9-7(6-14)2-3-8(10(9)13)17-11-15-4-1-5-16-11/h1-5H. The van der Waals surface area contributed by atoms with Gasteiger partial charge in [0.15, 0.2) is 11.0 Å². The van der Waals surface area contributed by atoms with E-state index < -0.39 is 5.82 Å². The first-order valence-corrected chi connectivity index (χ1v) is 6.16. The van der Waals surface area contributed by atoms with Gasteiger partial charge in [0.25, 0.3) is 0 Å². The van der Waals surface area contributed by atoms with E-state index in [0.717, 1.165) is 11.8 Å². The molecule has 0 N–H and O–H groups in total. The molecule has 17 heavy (non-hydrogen) atoms. The molecule has 1 heterocycles. The van der Waals surface area contributed by atoms with E-state index in [1.807, 2.05) is 6.07 Å². The first-order valence-electron chi connectivity index (χ1n) is 4.55. The average molecular weight is 310 g/mol. The van der Waals surface area contributed by atoms with E-state index in [0.29, 0.717) is 10.1 Å². The molecule has 0 saturated heterocycles. The Hall–Kier alpha value is -1.45. The molecule has 0 saturated carbocycles. The van der Waals surface area contributed by atoms with Crippen molar-refractivity contribution in [2.75, 3.05) is 0 Å². The summed E-state index contributed by atoms with van der Waals surface area (Å²) in [6, 6.07) is 6.68. The maximum Gasteiger partial charge on any atom is 0.192 e. The Balaban J connectivity index is 2.36. The molecule has 0 bridgehead atoms. The quantitative estimate of drug-likeness (QED) is 0.798. The number of hydrogen-bond acceptors (Lipinski definition) is 4. The fourth-order valence-corrected chi connectivity index (χ4v) is 2.45. The first-order chi connectivity index (χ1) is 8.22. The molecular weight excluding hydrogens is 305 g/mol. The topological polar surface area (TPSA) is 49.6 Å². The molecule has 0 amide bonds. The molecular formula is C11H5BrFN3S. The summed E-state index contributed by atoms with van der Waals surface area (Å²) < 4.78 is 14.0. The summed E-state index contributed by atoms with van der Waals surface area (Å²) >= 11 is 4.16. The van der Waals surface area contributed by atoms with Gasteiger partial charge in [0.05, 0.1) is 14.9 Å². The number of benzene rings is 1. The summed E-state index contributed by atoms with van der Waals surface area (Å²) in [6.45, 7) is 0. The van der Waals surface area contributed by atoms with Crippen LogP contribution in [0.2, 0.25) is 0 Å². The summed E-state index contributed by atoms with van der Waals surface area (Å²) in [5.41, 5.74) is 0.265. The number of nitrogens with zero attached hydrogens (tertiary/aromatic N) is 3. The Kier molecular flexibility index (Phi) is 3.71. The summed E-state index contributed by atoms with van der Waals surface area (Å²) in [5, 5.41) is 9.21. The lowest BCUT2D eigenvalue weighted by Gasteiger charge is -2.04. The van der Waals surface area contributed by atoms with Crippen LogP contribution in [0.5, 0.6) is 0 Å². The molecule has 2 rings (SSSR count). The van der Waals surface area contributed by atoms with Gasteiger partial charge in [-0.1, -0.05) is 0 Å². The van der Waals surface area contributed by atoms with Crippen molar-refractivity contribution in [1.29, 1.82) is 5.26 Å². The molecule has 1 aromatic carbocycles. The van der Waals surface area contributed by atoms with E-state index in [1.165, 1.54) is 0 Å². The lowest BCUT2D eigenvalue weighted by molar-refractivity contribution is 0.594. The van der Waals surface area contributed by atoms with Crippen LogP contribution in [0.3, 0.4) is 0 Å². The van der Waals surface area contributed by atoms with Crippen LogP contribution in [-0.4, -0.2) is 9.97 Å². The zero-order chi connectivity index (χ0) is 12.3. The van der Waals surface area contributed by atoms with Crippen LogP contribution in [-0.2, 0) is 0 Å². The minimum absolute atomic E-state index is 0.168. The number of nitriles is 1. The SMILES string of the molecule is N#Cc1ccc(Sc2ncccn2)c(F)c1Br. The van der Waals surface area contributed by atoms with Gasteiger partial charge in [-0.15, -0.1) is 0 Å². The summed E-state index contributed by atoms with van der Waals surface area (Å²) in [4.78, 5) is 8.36. The Morgan fingerprint density at radius 2 is 2.00 bits per heavy atom. The molecule has 6 heteroatoms. The lowest BCUT2D eigenvalue weighted by Crippen LogP contribution is -1.89. The second kappa shape index (κ2) is 5.25. The van der Waals surface area contributed by atoms with Crippen LogP contribution in [0.4, 0.5) is 4.39 Å². The van der Waals surface area contributed by atoms with Gasteiger partial charge in [0.2, 0.25) is 0 Å². The number of halogens is 2.